The molecule has 3 rings (SSSR count). The lowest BCUT2D eigenvalue weighted by Crippen LogP contribution is -2.44. The van der Waals surface area contributed by atoms with Crippen molar-refractivity contribution in [2.45, 2.75) is 19.3 Å². The second kappa shape index (κ2) is 6.37. The molecule has 1 aromatic rings. The van der Waals surface area contributed by atoms with Crippen molar-refractivity contribution in [3.8, 4) is 0 Å². The van der Waals surface area contributed by atoms with E-state index in [1.54, 1.807) is 21.7 Å². The monoisotopic (exact) mass is 354 g/mol. The van der Waals surface area contributed by atoms with E-state index in [4.69, 9.17) is 0 Å². The van der Waals surface area contributed by atoms with Crippen LogP contribution in [0.15, 0.2) is 22.9 Å². The molecule has 5 nitrogen and oxygen atoms in total. The molecular weight excluding hydrogens is 332 g/mol. The van der Waals surface area contributed by atoms with E-state index in [2.05, 4.69) is 0 Å². The minimum absolute atomic E-state index is 0.0454. The third-order valence-corrected chi connectivity index (χ3v) is 6.92. The largest absolute Gasteiger partial charge is 0.339 e. The van der Waals surface area contributed by atoms with Crippen LogP contribution < -0.4 is 0 Å². The van der Waals surface area contributed by atoms with Gasteiger partial charge in [0, 0.05) is 32.3 Å². The average Bonchev–Trinajstić information content (AvgIpc) is 3.15. The van der Waals surface area contributed by atoms with E-state index in [-0.39, 0.29) is 11.3 Å². The third kappa shape index (κ3) is 3.84. The van der Waals surface area contributed by atoms with Crippen molar-refractivity contribution in [3.63, 3.8) is 0 Å². The molecule has 1 amide bonds. The van der Waals surface area contributed by atoms with Gasteiger partial charge >= 0.3 is 0 Å². The summed E-state index contributed by atoms with van der Waals surface area (Å²) in [4.78, 5) is 14.1. The van der Waals surface area contributed by atoms with Crippen molar-refractivity contribution < 1.29 is 13.2 Å². The molecule has 2 fully saturated rings. The quantitative estimate of drug-likeness (QED) is 0.781. The van der Waals surface area contributed by atoms with E-state index < -0.39 is 10.0 Å². The highest BCUT2D eigenvalue weighted by Gasteiger charge is 2.43. The lowest BCUT2D eigenvalue weighted by atomic mass is 9.78. The summed E-state index contributed by atoms with van der Waals surface area (Å²) in [7, 11) is -3.10. The van der Waals surface area contributed by atoms with Crippen molar-refractivity contribution >= 4 is 33.3 Å². The van der Waals surface area contributed by atoms with Crippen LogP contribution in [0.4, 0.5) is 0 Å². The van der Waals surface area contributed by atoms with Gasteiger partial charge in [0.25, 0.3) is 0 Å². The molecule has 0 aromatic carbocycles. The minimum Gasteiger partial charge on any atom is -0.339 e. The summed E-state index contributed by atoms with van der Waals surface area (Å²) in [5.41, 5.74) is 1.12. The van der Waals surface area contributed by atoms with E-state index in [1.807, 2.05) is 27.8 Å². The van der Waals surface area contributed by atoms with Crippen LogP contribution in [0.2, 0.25) is 0 Å². The molecule has 0 radical (unpaired) electrons. The molecule has 0 bridgehead atoms. The zero-order valence-corrected chi connectivity index (χ0v) is 14.9. The molecule has 1 aromatic heterocycles. The molecule has 0 N–H and O–H groups in total. The Kier molecular flexibility index (Phi) is 4.62. The molecule has 3 heterocycles. The van der Waals surface area contributed by atoms with Gasteiger partial charge in [0.2, 0.25) is 15.9 Å². The molecule has 126 valence electrons. The number of thiophene rings is 1. The zero-order valence-electron chi connectivity index (χ0n) is 13.3. The first-order chi connectivity index (χ1) is 10.9. The first-order valence-corrected chi connectivity index (χ1v) is 10.6. The zero-order chi connectivity index (χ0) is 16.5. The fourth-order valence-electron chi connectivity index (χ4n) is 3.43. The van der Waals surface area contributed by atoms with Crippen LogP contribution in [-0.4, -0.2) is 56.0 Å². The first kappa shape index (κ1) is 16.7. The molecule has 1 spiro atoms. The maximum absolute atomic E-state index is 12.3. The molecule has 0 unspecified atom stereocenters. The molecule has 0 saturated carbocycles. The number of rotatable bonds is 3. The number of hydrogen-bond acceptors (Lipinski definition) is 4. The Bertz CT molecular complexity index is 687. The number of hydrogen-bond donors (Lipinski definition) is 0. The van der Waals surface area contributed by atoms with Gasteiger partial charge in [-0.2, -0.15) is 11.3 Å². The van der Waals surface area contributed by atoms with Gasteiger partial charge in [0.1, 0.15) is 0 Å². The number of amides is 1. The lowest BCUT2D eigenvalue weighted by molar-refractivity contribution is -0.128. The van der Waals surface area contributed by atoms with Crippen molar-refractivity contribution in [2.75, 3.05) is 32.4 Å². The van der Waals surface area contributed by atoms with Crippen LogP contribution in [-0.2, 0) is 14.8 Å². The van der Waals surface area contributed by atoms with Gasteiger partial charge in [-0.1, -0.05) is 0 Å². The molecule has 7 heteroatoms. The van der Waals surface area contributed by atoms with Gasteiger partial charge in [-0.15, -0.1) is 0 Å². The van der Waals surface area contributed by atoms with Gasteiger partial charge in [-0.25, -0.2) is 12.7 Å². The summed E-state index contributed by atoms with van der Waals surface area (Å²) in [6.07, 6.45) is 7.45. The maximum atomic E-state index is 12.3. The number of carbonyl (C=O) groups is 1. The lowest BCUT2D eigenvalue weighted by Gasteiger charge is -2.38. The highest BCUT2D eigenvalue weighted by atomic mass is 32.2. The Morgan fingerprint density at radius 1 is 1.26 bits per heavy atom. The average molecular weight is 354 g/mol. The van der Waals surface area contributed by atoms with E-state index in [1.165, 1.54) is 6.26 Å². The Morgan fingerprint density at radius 2 is 1.96 bits per heavy atom. The van der Waals surface area contributed by atoms with E-state index >= 15 is 0 Å². The fraction of sp³-hybridized carbons (Fsp3) is 0.562. The summed E-state index contributed by atoms with van der Waals surface area (Å²) in [5.74, 6) is 0.0454. The van der Waals surface area contributed by atoms with Crippen LogP contribution in [0.3, 0.4) is 0 Å². The molecule has 2 aliphatic heterocycles. The van der Waals surface area contributed by atoms with Crippen LogP contribution in [0.5, 0.6) is 0 Å². The van der Waals surface area contributed by atoms with Crippen LogP contribution >= 0.6 is 11.3 Å². The Hall–Kier alpha value is -1.18. The number of carbonyl (C=O) groups excluding carboxylic acids is 1. The second-order valence-corrected chi connectivity index (χ2v) is 9.32. The van der Waals surface area contributed by atoms with Gasteiger partial charge < -0.3 is 4.90 Å². The summed E-state index contributed by atoms with van der Waals surface area (Å²) < 4.78 is 24.9. The maximum Gasteiger partial charge on any atom is 0.246 e. The SMILES string of the molecule is CS(=O)(=O)N1CCC2(CCN(C(=O)/C=C/c3ccsc3)CC2)C1. The van der Waals surface area contributed by atoms with Crippen molar-refractivity contribution in [1.29, 1.82) is 0 Å². The molecule has 0 atom stereocenters. The summed E-state index contributed by atoms with van der Waals surface area (Å²) in [6.45, 7) is 2.65. The predicted octanol–water partition coefficient (Wildman–Crippen LogP) is 2.04. The number of piperidine rings is 1. The minimum atomic E-state index is -3.10. The molecule has 23 heavy (non-hydrogen) atoms. The molecule has 2 aliphatic rings. The predicted molar refractivity (Wildman–Crippen MR) is 92.6 cm³/mol. The third-order valence-electron chi connectivity index (χ3n) is 4.97. The van der Waals surface area contributed by atoms with Gasteiger partial charge in [0.05, 0.1) is 6.26 Å². The summed E-state index contributed by atoms with van der Waals surface area (Å²) >= 11 is 1.61. The topological polar surface area (TPSA) is 57.7 Å². The highest BCUT2D eigenvalue weighted by molar-refractivity contribution is 7.88. The second-order valence-electron chi connectivity index (χ2n) is 6.56. The number of likely N-dealkylation sites (tertiary alicyclic amines) is 1. The van der Waals surface area contributed by atoms with Crippen LogP contribution in [0.25, 0.3) is 6.08 Å². The Morgan fingerprint density at radius 3 is 2.52 bits per heavy atom. The Balaban J connectivity index is 1.55. The normalized spacial score (nSPS) is 22.2. The number of sulfonamides is 1. The molecule has 0 aliphatic carbocycles. The van der Waals surface area contributed by atoms with Crippen molar-refractivity contribution in [2.24, 2.45) is 5.41 Å². The van der Waals surface area contributed by atoms with Crippen molar-refractivity contribution in [3.05, 3.63) is 28.5 Å². The smallest absolute Gasteiger partial charge is 0.246 e. The van der Waals surface area contributed by atoms with Crippen molar-refractivity contribution in [1.82, 2.24) is 9.21 Å². The summed E-state index contributed by atoms with van der Waals surface area (Å²) in [6, 6.07) is 1.98. The van der Waals surface area contributed by atoms with E-state index in [0.29, 0.717) is 26.2 Å². The first-order valence-electron chi connectivity index (χ1n) is 7.82. The van der Waals surface area contributed by atoms with Gasteiger partial charge in [0.15, 0.2) is 0 Å². The Labute approximate surface area is 141 Å². The van der Waals surface area contributed by atoms with E-state index in [9.17, 15) is 13.2 Å². The summed E-state index contributed by atoms with van der Waals surface area (Å²) in [5, 5.41) is 4.00. The van der Waals surface area contributed by atoms with Gasteiger partial charge in [-0.3, -0.25) is 4.79 Å². The highest BCUT2D eigenvalue weighted by Crippen LogP contribution is 2.41. The fourth-order valence-corrected chi connectivity index (χ4v) is 4.99. The molecular formula is C16H22N2O3S2. The van der Waals surface area contributed by atoms with Crippen LogP contribution in [0.1, 0.15) is 24.8 Å². The molecule has 2 saturated heterocycles. The number of nitrogens with zero attached hydrogens (tertiary/aromatic N) is 2. The standard InChI is InChI=1S/C16H22N2O3S2/c1-23(20,21)18-10-7-16(13-18)5-8-17(9-6-16)15(19)3-2-14-4-11-22-12-14/h2-4,11-12H,5-10,13H2,1H3/b3-2+. The van der Waals surface area contributed by atoms with E-state index in [0.717, 1.165) is 24.8 Å². The van der Waals surface area contributed by atoms with Crippen LogP contribution in [0, 0.1) is 5.41 Å². The van der Waals surface area contributed by atoms with Gasteiger partial charge in [-0.05, 0) is 53.1 Å².